The number of rotatable bonds is 3. The molecule has 3 nitrogen and oxygen atoms in total. The minimum atomic E-state index is 0.408. The summed E-state index contributed by atoms with van der Waals surface area (Å²) in [6.07, 6.45) is 1.20. The van der Waals surface area contributed by atoms with Gasteiger partial charge in [-0.1, -0.05) is 18.2 Å². The number of nitrogens with one attached hydrogen (secondary N) is 1. The van der Waals surface area contributed by atoms with Gasteiger partial charge in [0.05, 0.1) is 0 Å². The second-order valence-corrected chi connectivity index (χ2v) is 4.14. The number of phenolic OH excluding ortho intramolecular Hbond substituents is 1. The van der Waals surface area contributed by atoms with Crippen LogP contribution in [0.3, 0.4) is 0 Å². The van der Waals surface area contributed by atoms with Crippen LogP contribution in [0.15, 0.2) is 24.3 Å². The van der Waals surface area contributed by atoms with Crippen LogP contribution in [-0.4, -0.2) is 36.2 Å². The number of hydrogen-bond donors (Lipinski definition) is 2. The van der Waals surface area contributed by atoms with Crippen LogP contribution >= 0.6 is 0 Å². The summed E-state index contributed by atoms with van der Waals surface area (Å²) >= 11 is 0. The summed E-state index contributed by atoms with van der Waals surface area (Å²) in [4.78, 5) is 2.37. The van der Waals surface area contributed by atoms with Gasteiger partial charge in [-0.05, 0) is 19.5 Å². The van der Waals surface area contributed by atoms with Gasteiger partial charge in [0.2, 0.25) is 0 Å². The van der Waals surface area contributed by atoms with E-state index in [2.05, 4.69) is 10.2 Å². The molecule has 3 heteroatoms. The van der Waals surface area contributed by atoms with Crippen molar-refractivity contribution in [3.8, 4) is 5.75 Å². The highest BCUT2D eigenvalue weighted by Crippen LogP contribution is 2.20. The quantitative estimate of drug-likeness (QED) is 0.779. The Balaban J connectivity index is 1.96. The first-order chi connectivity index (χ1) is 7.29. The minimum Gasteiger partial charge on any atom is -0.508 e. The predicted molar refractivity (Wildman–Crippen MR) is 60.8 cm³/mol. The highest BCUT2D eigenvalue weighted by Gasteiger charge is 2.21. The van der Waals surface area contributed by atoms with Crippen molar-refractivity contribution >= 4 is 0 Å². The van der Waals surface area contributed by atoms with Crippen LogP contribution in [0.2, 0.25) is 0 Å². The average Bonchev–Trinajstić information content (AvgIpc) is 2.69. The highest BCUT2D eigenvalue weighted by molar-refractivity contribution is 5.31. The van der Waals surface area contributed by atoms with E-state index in [1.165, 1.54) is 6.42 Å². The predicted octanol–water partition coefficient (Wildman–Crippen LogP) is 1.19. The Kier molecular flexibility index (Phi) is 3.23. The van der Waals surface area contributed by atoms with Gasteiger partial charge < -0.3 is 10.4 Å². The van der Waals surface area contributed by atoms with E-state index in [9.17, 15) is 5.11 Å². The van der Waals surface area contributed by atoms with Gasteiger partial charge in [-0.3, -0.25) is 4.90 Å². The van der Waals surface area contributed by atoms with E-state index in [1.807, 2.05) is 25.2 Å². The van der Waals surface area contributed by atoms with Gasteiger partial charge in [-0.25, -0.2) is 0 Å². The lowest BCUT2D eigenvalue weighted by molar-refractivity contribution is 0.316. The number of para-hydroxylation sites is 1. The van der Waals surface area contributed by atoms with Crippen LogP contribution < -0.4 is 5.32 Å². The molecule has 1 atom stereocenters. The van der Waals surface area contributed by atoms with E-state index in [-0.39, 0.29) is 0 Å². The lowest BCUT2D eigenvalue weighted by atomic mass is 10.2. The monoisotopic (exact) mass is 206 g/mol. The Hall–Kier alpha value is -1.06. The minimum absolute atomic E-state index is 0.408. The van der Waals surface area contributed by atoms with Gasteiger partial charge in [0, 0.05) is 31.2 Å². The van der Waals surface area contributed by atoms with Crippen LogP contribution in [0.25, 0.3) is 0 Å². The zero-order valence-corrected chi connectivity index (χ0v) is 9.11. The molecule has 0 aromatic heterocycles. The number of likely N-dealkylation sites (N-methyl/N-ethyl adjacent to an activating group) is 1. The zero-order chi connectivity index (χ0) is 10.7. The summed E-state index contributed by atoms with van der Waals surface area (Å²) in [5.41, 5.74) is 1.02. The molecule has 1 heterocycles. The molecule has 1 saturated heterocycles. The fraction of sp³-hybridized carbons (Fsp3) is 0.500. The first-order valence-electron chi connectivity index (χ1n) is 5.46. The Morgan fingerprint density at radius 2 is 2.27 bits per heavy atom. The number of aromatic hydroxyl groups is 1. The van der Waals surface area contributed by atoms with Crippen LogP contribution in [0.5, 0.6) is 5.75 Å². The van der Waals surface area contributed by atoms with Crippen molar-refractivity contribution in [2.75, 3.05) is 20.1 Å². The van der Waals surface area contributed by atoms with Crippen molar-refractivity contribution in [1.82, 2.24) is 10.2 Å². The number of nitrogens with zero attached hydrogens (tertiary/aromatic N) is 1. The smallest absolute Gasteiger partial charge is 0.120 e. The average molecular weight is 206 g/mol. The molecule has 1 aromatic rings. The third kappa shape index (κ3) is 2.49. The third-order valence-electron chi connectivity index (χ3n) is 3.07. The second-order valence-electron chi connectivity index (χ2n) is 4.14. The maximum Gasteiger partial charge on any atom is 0.120 e. The van der Waals surface area contributed by atoms with E-state index >= 15 is 0 Å². The van der Waals surface area contributed by atoms with Gasteiger partial charge in [-0.2, -0.15) is 0 Å². The fourth-order valence-electron chi connectivity index (χ4n) is 2.10. The summed E-state index contributed by atoms with van der Waals surface area (Å²) in [5.74, 6) is 0.408. The first kappa shape index (κ1) is 10.5. The van der Waals surface area contributed by atoms with Gasteiger partial charge in [0.1, 0.15) is 5.75 Å². The second kappa shape index (κ2) is 4.64. The molecule has 0 saturated carbocycles. The van der Waals surface area contributed by atoms with Gasteiger partial charge in [0.25, 0.3) is 0 Å². The molecule has 1 fully saturated rings. The fourth-order valence-corrected chi connectivity index (χ4v) is 2.10. The lowest BCUT2D eigenvalue weighted by Gasteiger charge is -2.16. The van der Waals surface area contributed by atoms with Gasteiger partial charge >= 0.3 is 0 Å². The number of hydrogen-bond acceptors (Lipinski definition) is 3. The first-order valence-corrected chi connectivity index (χ1v) is 5.46. The van der Waals surface area contributed by atoms with Crippen molar-refractivity contribution in [3.63, 3.8) is 0 Å². The van der Waals surface area contributed by atoms with Crippen molar-refractivity contribution in [2.45, 2.75) is 19.0 Å². The summed E-state index contributed by atoms with van der Waals surface area (Å²) in [7, 11) is 2.01. The Bertz CT molecular complexity index is 327. The van der Waals surface area contributed by atoms with E-state index in [0.29, 0.717) is 11.8 Å². The molecule has 0 radical (unpaired) electrons. The maximum atomic E-state index is 9.65. The molecule has 2 N–H and O–H groups in total. The molecular formula is C12H18N2O. The molecule has 0 bridgehead atoms. The topological polar surface area (TPSA) is 35.5 Å². The SMILES string of the molecule is CNC1CCN(Cc2ccccc2O)C1. The van der Waals surface area contributed by atoms with Crippen molar-refractivity contribution < 1.29 is 5.11 Å². The molecule has 82 valence electrons. The molecular weight excluding hydrogens is 188 g/mol. The lowest BCUT2D eigenvalue weighted by Crippen LogP contribution is -2.29. The summed E-state index contributed by atoms with van der Waals surface area (Å²) in [6.45, 7) is 3.04. The largest absolute Gasteiger partial charge is 0.508 e. The van der Waals surface area contributed by atoms with Crippen LogP contribution in [0, 0.1) is 0 Å². The normalized spacial score (nSPS) is 22.1. The van der Waals surface area contributed by atoms with Crippen LogP contribution in [0.1, 0.15) is 12.0 Å². The molecule has 1 aliphatic rings. The molecule has 2 rings (SSSR count). The molecule has 15 heavy (non-hydrogen) atoms. The van der Waals surface area contributed by atoms with Crippen molar-refractivity contribution in [1.29, 1.82) is 0 Å². The standard InChI is InChI=1S/C12H18N2O/c1-13-11-6-7-14(9-11)8-10-4-2-3-5-12(10)15/h2-5,11,13,15H,6-9H2,1H3. The molecule has 1 aromatic carbocycles. The zero-order valence-electron chi connectivity index (χ0n) is 9.11. The van der Waals surface area contributed by atoms with E-state index in [4.69, 9.17) is 0 Å². The van der Waals surface area contributed by atoms with Crippen molar-refractivity contribution in [3.05, 3.63) is 29.8 Å². The van der Waals surface area contributed by atoms with Crippen LogP contribution in [-0.2, 0) is 6.54 Å². The Labute approximate surface area is 90.7 Å². The molecule has 0 spiro atoms. The van der Waals surface area contributed by atoms with Crippen LogP contribution in [0.4, 0.5) is 0 Å². The van der Waals surface area contributed by atoms with E-state index < -0.39 is 0 Å². The molecule has 0 amide bonds. The molecule has 1 aliphatic heterocycles. The van der Waals surface area contributed by atoms with Gasteiger partial charge in [-0.15, -0.1) is 0 Å². The summed E-state index contributed by atoms with van der Waals surface area (Å²) < 4.78 is 0. The molecule has 0 aliphatic carbocycles. The van der Waals surface area contributed by atoms with E-state index in [0.717, 1.165) is 25.2 Å². The maximum absolute atomic E-state index is 9.65. The molecule has 1 unspecified atom stereocenters. The van der Waals surface area contributed by atoms with Crippen molar-refractivity contribution in [2.24, 2.45) is 0 Å². The van der Waals surface area contributed by atoms with E-state index in [1.54, 1.807) is 6.07 Å². The highest BCUT2D eigenvalue weighted by atomic mass is 16.3. The Morgan fingerprint density at radius 3 is 2.93 bits per heavy atom. The summed E-state index contributed by atoms with van der Waals surface area (Å²) in [5, 5.41) is 12.9. The van der Waals surface area contributed by atoms with Gasteiger partial charge in [0.15, 0.2) is 0 Å². The summed E-state index contributed by atoms with van der Waals surface area (Å²) in [6, 6.07) is 8.18. The number of phenols is 1. The third-order valence-corrected chi connectivity index (χ3v) is 3.07. The number of benzene rings is 1. The number of likely N-dealkylation sites (tertiary alicyclic amines) is 1. The Morgan fingerprint density at radius 1 is 1.47 bits per heavy atom.